The lowest BCUT2D eigenvalue weighted by Crippen LogP contribution is -2.19. The largest absolute Gasteiger partial charge is 0.351 e. The first kappa shape index (κ1) is 15.1. The lowest BCUT2D eigenvalue weighted by atomic mass is 10.1. The van der Waals surface area contributed by atoms with Gasteiger partial charge >= 0.3 is 6.03 Å². The Bertz CT molecular complexity index is 701. The van der Waals surface area contributed by atoms with Gasteiger partial charge in [-0.05, 0) is 48.9 Å². The van der Waals surface area contributed by atoms with Gasteiger partial charge in [0.25, 0.3) is 5.91 Å². The fraction of sp³-hybridized carbons (Fsp3) is 0.0667. The quantitative estimate of drug-likeness (QED) is 0.793. The normalized spacial score (nSPS) is 10.0. The van der Waals surface area contributed by atoms with Crippen molar-refractivity contribution in [2.75, 3.05) is 10.6 Å². The first-order valence-electron chi connectivity index (χ1n) is 6.20. The van der Waals surface area contributed by atoms with Gasteiger partial charge < -0.3 is 16.4 Å². The van der Waals surface area contributed by atoms with Crippen LogP contribution in [0.3, 0.4) is 0 Å². The van der Waals surface area contributed by atoms with Crippen molar-refractivity contribution >= 4 is 39.2 Å². The van der Waals surface area contributed by atoms with Crippen LogP contribution in [0.5, 0.6) is 0 Å². The summed E-state index contributed by atoms with van der Waals surface area (Å²) in [5.74, 6) is -0.212. The van der Waals surface area contributed by atoms with Crippen LogP contribution in [0.2, 0.25) is 0 Å². The van der Waals surface area contributed by atoms with Gasteiger partial charge in [-0.25, -0.2) is 4.79 Å². The minimum absolute atomic E-state index is 0.212. The molecule has 3 amide bonds. The minimum Gasteiger partial charge on any atom is -0.351 e. The second kappa shape index (κ2) is 6.41. The first-order chi connectivity index (χ1) is 9.95. The Hall–Kier alpha value is -2.34. The predicted molar refractivity (Wildman–Crippen MR) is 86.5 cm³/mol. The van der Waals surface area contributed by atoms with E-state index in [-0.39, 0.29) is 5.91 Å². The number of nitrogens with one attached hydrogen (secondary N) is 2. The zero-order chi connectivity index (χ0) is 15.4. The Labute approximate surface area is 130 Å². The zero-order valence-corrected chi connectivity index (χ0v) is 12.9. The molecule has 21 heavy (non-hydrogen) atoms. The number of benzene rings is 2. The van der Waals surface area contributed by atoms with E-state index in [0.717, 1.165) is 10.0 Å². The van der Waals surface area contributed by atoms with E-state index in [1.54, 1.807) is 30.3 Å². The summed E-state index contributed by atoms with van der Waals surface area (Å²) >= 11 is 3.36. The van der Waals surface area contributed by atoms with Crippen LogP contribution in [0.1, 0.15) is 15.9 Å². The van der Waals surface area contributed by atoms with Crippen molar-refractivity contribution in [2.45, 2.75) is 6.92 Å². The number of carbonyl (C=O) groups excluding carboxylic acids is 2. The van der Waals surface area contributed by atoms with E-state index >= 15 is 0 Å². The van der Waals surface area contributed by atoms with Gasteiger partial charge in [0, 0.05) is 21.4 Å². The maximum absolute atomic E-state index is 12.2. The van der Waals surface area contributed by atoms with Crippen LogP contribution in [0, 0.1) is 6.92 Å². The van der Waals surface area contributed by atoms with Crippen LogP contribution in [0.15, 0.2) is 46.9 Å². The standard InChI is InChI=1S/C15H14BrN3O2/c1-9-7-10(16)5-6-13(9)14(20)18-11-3-2-4-12(8-11)19-15(17)21/h2-8H,1H3,(H,18,20)(H3,17,19,21). The van der Waals surface area contributed by atoms with Crippen LogP contribution < -0.4 is 16.4 Å². The molecule has 0 bridgehead atoms. The second-order valence-electron chi connectivity index (χ2n) is 4.48. The van der Waals surface area contributed by atoms with Gasteiger partial charge in [0.1, 0.15) is 0 Å². The molecule has 0 radical (unpaired) electrons. The molecular weight excluding hydrogens is 334 g/mol. The number of carbonyl (C=O) groups is 2. The van der Waals surface area contributed by atoms with Crippen molar-refractivity contribution in [1.29, 1.82) is 0 Å². The van der Waals surface area contributed by atoms with Crippen molar-refractivity contribution in [3.63, 3.8) is 0 Å². The molecule has 2 aromatic carbocycles. The molecular formula is C15H14BrN3O2. The fourth-order valence-electron chi connectivity index (χ4n) is 1.90. The highest BCUT2D eigenvalue weighted by Crippen LogP contribution is 2.19. The van der Waals surface area contributed by atoms with Gasteiger partial charge in [-0.3, -0.25) is 4.79 Å². The van der Waals surface area contributed by atoms with Crippen LogP contribution in [0.4, 0.5) is 16.2 Å². The van der Waals surface area contributed by atoms with Crippen molar-refractivity contribution in [2.24, 2.45) is 5.73 Å². The van der Waals surface area contributed by atoms with Crippen molar-refractivity contribution in [1.82, 2.24) is 0 Å². The molecule has 0 aromatic heterocycles. The molecule has 2 rings (SSSR count). The molecule has 0 aliphatic heterocycles. The van der Waals surface area contributed by atoms with Crippen molar-refractivity contribution in [3.8, 4) is 0 Å². The number of halogens is 1. The third kappa shape index (κ3) is 4.06. The van der Waals surface area contributed by atoms with E-state index in [9.17, 15) is 9.59 Å². The molecule has 0 fully saturated rings. The van der Waals surface area contributed by atoms with Crippen LogP contribution in [-0.4, -0.2) is 11.9 Å². The fourth-order valence-corrected chi connectivity index (χ4v) is 2.37. The van der Waals surface area contributed by atoms with E-state index in [1.165, 1.54) is 0 Å². The summed E-state index contributed by atoms with van der Waals surface area (Å²) in [5, 5.41) is 5.24. The van der Waals surface area contributed by atoms with E-state index in [1.807, 2.05) is 19.1 Å². The summed E-state index contributed by atoms with van der Waals surface area (Å²) in [6.07, 6.45) is 0. The Balaban J connectivity index is 2.17. The lowest BCUT2D eigenvalue weighted by molar-refractivity contribution is 0.102. The smallest absolute Gasteiger partial charge is 0.316 e. The Morgan fingerprint density at radius 1 is 1.05 bits per heavy atom. The summed E-state index contributed by atoms with van der Waals surface area (Å²) in [6, 6.07) is 11.6. The van der Waals surface area contributed by atoms with Crippen molar-refractivity contribution in [3.05, 3.63) is 58.1 Å². The zero-order valence-electron chi connectivity index (χ0n) is 11.3. The van der Waals surface area contributed by atoms with Gasteiger partial charge in [-0.15, -0.1) is 0 Å². The Morgan fingerprint density at radius 2 is 1.71 bits per heavy atom. The SMILES string of the molecule is Cc1cc(Br)ccc1C(=O)Nc1cccc(NC(N)=O)c1. The predicted octanol–water partition coefficient (Wildman–Crippen LogP) is 3.50. The topological polar surface area (TPSA) is 84.2 Å². The molecule has 0 saturated heterocycles. The van der Waals surface area contributed by atoms with Crippen LogP contribution >= 0.6 is 15.9 Å². The van der Waals surface area contributed by atoms with Crippen LogP contribution in [-0.2, 0) is 0 Å². The lowest BCUT2D eigenvalue weighted by Gasteiger charge is -2.09. The number of rotatable bonds is 3. The molecule has 0 atom stereocenters. The van der Waals surface area contributed by atoms with Gasteiger partial charge in [-0.2, -0.15) is 0 Å². The number of hydrogen-bond acceptors (Lipinski definition) is 2. The van der Waals surface area contributed by atoms with E-state index in [4.69, 9.17) is 5.73 Å². The van der Waals surface area contributed by atoms with Gasteiger partial charge in [-0.1, -0.05) is 22.0 Å². The summed E-state index contributed by atoms with van der Waals surface area (Å²) < 4.78 is 0.921. The molecule has 0 saturated carbocycles. The van der Waals surface area contributed by atoms with Crippen molar-refractivity contribution < 1.29 is 9.59 Å². The molecule has 0 heterocycles. The summed E-state index contributed by atoms with van der Waals surface area (Å²) in [5.41, 5.74) is 7.62. The third-order valence-electron chi connectivity index (χ3n) is 2.82. The number of anilines is 2. The average Bonchev–Trinajstić information content (AvgIpc) is 2.37. The molecule has 0 unspecified atom stereocenters. The number of primary amides is 1. The summed E-state index contributed by atoms with van der Waals surface area (Å²) in [7, 11) is 0. The Kier molecular flexibility index (Phi) is 4.59. The van der Waals surface area contributed by atoms with E-state index in [0.29, 0.717) is 16.9 Å². The number of aryl methyl sites for hydroxylation is 1. The number of hydrogen-bond donors (Lipinski definition) is 3. The summed E-state index contributed by atoms with van der Waals surface area (Å²) in [6.45, 7) is 1.87. The summed E-state index contributed by atoms with van der Waals surface area (Å²) in [4.78, 5) is 23.1. The maximum Gasteiger partial charge on any atom is 0.316 e. The highest BCUT2D eigenvalue weighted by molar-refractivity contribution is 9.10. The second-order valence-corrected chi connectivity index (χ2v) is 5.40. The molecule has 108 valence electrons. The molecule has 2 aromatic rings. The van der Waals surface area contributed by atoms with Gasteiger partial charge in [0.15, 0.2) is 0 Å². The molecule has 6 heteroatoms. The highest BCUT2D eigenvalue weighted by Gasteiger charge is 2.10. The third-order valence-corrected chi connectivity index (χ3v) is 3.31. The number of nitrogens with two attached hydrogens (primary N) is 1. The van der Waals surface area contributed by atoms with E-state index in [2.05, 4.69) is 26.6 Å². The van der Waals surface area contributed by atoms with Crippen LogP contribution in [0.25, 0.3) is 0 Å². The first-order valence-corrected chi connectivity index (χ1v) is 6.99. The maximum atomic E-state index is 12.2. The van der Waals surface area contributed by atoms with Gasteiger partial charge in [0.2, 0.25) is 0 Å². The molecule has 0 spiro atoms. The van der Waals surface area contributed by atoms with Gasteiger partial charge in [0.05, 0.1) is 0 Å². The molecule has 0 aliphatic carbocycles. The monoisotopic (exact) mass is 347 g/mol. The number of amides is 3. The highest BCUT2D eigenvalue weighted by atomic mass is 79.9. The average molecular weight is 348 g/mol. The van der Waals surface area contributed by atoms with E-state index < -0.39 is 6.03 Å². The molecule has 0 aliphatic rings. The molecule has 4 N–H and O–H groups in total. The minimum atomic E-state index is -0.651. The number of urea groups is 1. The molecule has 5 nitrogen and oxygen atoms in total. The Morgan fingerprint density at radius 3 is 2.33 bits per heavy atom.